The molecular formula is C48H73N11O10S3. The lowest BCUT2D eigenvalue weighted by Gasteiger charge is -2.28. The predicted octanol–water partition coefficient (Wildman–Crippen LogP) is 3.85. The van der Waals surface area contributed by atoms with Gasteiger partial charge in [-0.3, -0.25) is 28.8 Å². The molecule has 0 bridgehead atoms. The van der Waals surface area contributed by atoms with Crippen molar-refractivity contribution in [3.63, 3.8) is 0 Å². The van der Waals surface area contributed by atoms with Crippen LogP contribution in [0.5, 0.6) is 0 Å². The standard InChI is InChI=1S/C21H24N4O6S.C17H20N4O4S.C5H9N3S.5CH4/c1-12(26)30-17(19(28)23-8-7-16-11-32-21(22)24-16)18(31-13(2)27)20(29)25-9-14-5-3-4-6-15(14)10-25;18-17-20-12(9-26-17)5-6-19-15(24)13(22)14(23)16(25)21-7-10-3-1-2-4-11(10)8-21;6-2-1-4-3-9-5(7)8-4;;;;;/h3-6,11,17-18H,7-10H2,1-2H3,(H2,22,24)(H,23,28);1-4,9,13-14,22-23H,5-8H2,(H2,18,20)(H,19,24);3H,1-2,6H2,(H2,7,8);5*1H4/t17-,18-;13-,14-;;;;;;/m11....../s1. The van der Waals surface area contributed by atoms with Crippen LogP contribution in [0.4, 0.5) is 15.4 Å². The van der Waals surface area contributed by atoms with Crippen LogP contribution in [0.2, 0.25) is 0 Å². The van der Waals surface area contributed by atoms with Gasteiger partial charge in [0.2, 0.25) is 12.2 Å². The molecule has 4 amide bonds. The van der Waals surface area contributed by atoms with Gasteiger partial charge in [0.05, 0.1) is 17.1 Å². The summed E-state index contributed by atoms with van der Waals surface area (Å²) >= 11 is 4.04. The Morgan fingerprint density at radius 2 is 0.917 bits per heavy atom. The summed E-state index contributed by atoms with van der Waals surface area (Å²) in [6.07, 6.45) is -5.22. The molecule has 4 atom stereocenters. The number of hydrogen-bond donors (Lipinski definition) is 8. The monoisotopic (exact) mass is 1060 g/mol. The van der Waals surface area contributed by atoms with Crippen molar-refractivity contribution in [1.29, 1.82) is 0 Å². The number of aliphatic hydroxyl groups is 2. The molecule has 0 fully saturated rings. The molecule has 5 heterocycles. The van der Waals surface area contributed by atoms with Crippen molar-refractivity contribution in [1.82, 2.24) is 35.4 Å². The van der Waals surface area contributed by atoms with E-state index in [0.717, 1.165) is 53.9 Å². The Hall–Kier alpha value is -6.57. The van der Waals surface area contributed by atoms with Crippen LogP contribution in [-0.4, -0.2) is 115 Å². The van der Waals surface area contributed by atoms with E-state index in [9.17, 15) is 39.0 Å². The van der Waals surface area contributed by atoms with Crippen LogP contribution in [0, 0.1) is 0 Å². The maximum Gasteiger partial charge on any atom is 0.303 e. The second-order valence-corrected chi connectivity index (χ2v) is 17.7. The molecule has 2 aliphatic rings. The quantitative estimate of drug-likeness (QED) is 0.0651. The number of esters is 2. The Balaban J connectivity index is 0.00000114. The molecule has 21 nitrogen and oxygen atoms in total. The van der Waals surface area contributed by atoms with Gasteiger partial charge in [-0.05, 0) is 28.8 Å². The van der Waals surface area contributed by atoms with Gasteiger partial charge in [0.15, 0.2) is 27.6 Å². The molecule has 24 heteroatoms. The van der Waals surface area contributed by atoms with Crippen LogP contribution in [0.25, 0.3) is 0 Å². The van der Waals surface area contributed by atoms with Crippen molar-refractivity contribution in [3.8, 4) is 0 Å². The summed E-state index contributed by atoms with van der Waals surface area (Å²) in [5, 5.41) is 32.1. The van der Waals surface area contributed by atoms with E-state index in [-0.39, 0.29) is 50.2 Å². The molecule has 0 unspecified atom stereocenters. The number of aromatic nitrogens is 3. The Morgan fingerprint density at radius 3 is 1.26 bits per heavy atom. The summed E-state index contributed by atoms with van der Waals surface area (Å²) in [5.74, 6) is -4.40. The van der Waals surface area contributed by atoms with E-state index in [4.69, 9.17) is 32.4 Å². The lowest BCUT2D eigenvalue weighted by atomic mass is 10.1. The third-order valence-corrected chi connectivity index (χ3v) is 12.1. The van der Waals surface area contributed by atoms with Gasteiger partial charge in [0, 0.05) is 88.5 Å². The second kappa shape index (κ2) is 31.7. The van der Waals surface area contributed by atoms with Gasteiger partial charge in [0.25, 0.3) is 23.6 Å². The first-order chi connectivity index (χ1) is 32.0. The number of hydrogen-bond acceptors (Lipinski definition) is 20. The fraction of sp³-hybridized carbons (Fsp3) is 0.438. The zero-order chi connectivity index (χ0) is 48.6. The number of nitrogens with one attached hydrogen (secondary N) is 2. The maximum atomic E-state index is 13.2. The minimum absolute atomic E-state index is 0. The number of carbonyl (C=O) groups excluding carboxylic acids is 6. The number of anilines is 3. The van der Waals surface area contributed by atoms with Gasteiger partial charge in [0.1, 0.15) is 0 Å². The topological polar surface area (TPSA) is 335 Å². The van der Waals surface area contributed by atoms with Crippen molar-refractivity contribution in [3.05, 3.63) is 104 Å². The molecule has 2 aliphatic heterocycles. The van der Waals surface area contributed by atoms with Crippen LogP contribution in [-0.2, 0) is 83.7 Å². The van der Waals surface area contributed by atoms with Crippen LogP contribution in [0.15, 0.2) is 64.7 Å². The number of nitrogens with two attached hydrogens (primary N) is 4. The first kappa shape index (κ1) is 65.4. The summed E-state index contributed by atoms with van der Waals surface area (Å²) in [6.45, 7) is 4.55. The SMILES string of the molecule is C.C.C.C.C.CC(=O)O[C@@H](C(=O)NCCc1csc(N)n1)[C@@H](OC(C)=O)C(=O)N1Cc2ccccc2C1.NCCc1csc(N)n1.Nc1nc(CCNC(=O)[C@H](O)[C@@H](O)C(=O)N2Cc3ccccc3C2)cs1. The van der Waals surface area contributed by atoms with Crippen molar-refractivity contribution >= 4 is 85.0 Å². The van der Waals surface area contributed by atoms with Gasteiger partial charge in [-0.2, -0.15) is 0 Å². The average molecular weight is 1060 g/mol. The summed E-state index contributed by atoms with van der Waals surface area (Å²) < 4.78 is 10.3. The molecule has 5 aromatic rings. The van der Waals surface area contributed by atoms with Crippen molar-refractivity contribution in [2.45, 2.75) is 121 Å². The Bertz CT molecular complexity index is 2450. The first-order valence-electron chi connectivity index (χ1n) is 20.8. The number of ether oxygens (including phenoxy) is 2. The summed E-state index contributed by atoms with van der Waals surface area (Å²) in [5.41, 5.74) is 28.1. The molecular weight excluding hydrogens is 987 g/mol. The van der Waals surface area contributed by atoms with Crippen molar-refractivity contribution in [2.24, 2.45) is 5.73 Å². The maximum absolute atomic E-state index is 13.2. The number of carbonyl (C=O) groups is 6. The smallest absolute Gasteiger partial charge is 0.303 e. The Labute approximate surface area is 434 Å². The number of fused-ring (bicyclic) bond motifs is 2. The van der Waals surface area contributed by atoms with Gasteiger partial charge < -0.3 is 63.1 Å². The number of benzene rings is 2. The molecule has 0 spiro atoms. The zero-order valence-corrected chi connectivity index (χ0v) is 39.1. The molecule has 0 radical (unpaired) electrons. The highest BCUT2D eigenvalue weighted by Gasteiger charge is 2.42. The molecule has 7 rings (SSSR count). The van der Waals surface area contributed by atoms with Crippen LogP contribution in [0.1, 0.15) is 90.3 Å². The Kier molecular flexibility index (Phi) is 28.8. The van der Waals surface area contributed by atoms with E-state index in [1.807, 2.05) is 53.9 Å². The number of nitrogen functional groups attached to an aromatic ring is 3. The zero-order valence-electron chi connectivity index (χ0n) is 36.7. The number of aliphatic hydroxyl groups excluding tert-OH is 2. The summed E-state index contributed by atoms with van der Waals surface area (Å²) in [4.78, 5) is 88.9. The first-order valence-corrected chi connectivity index (χ1v) is 23.4. The number of amides is 4. The van der Waals surface area contributed by atoms with Gasteiger partial charge >= 0.3 is 11.9 Å². The van der Waals surface area contributed by atoms with Gasteiger partial charge in [-0.25, -0.2) is 15.0 Å². The van der Waals surface area contributed by atoms with E-state index in [2.05, 4.69) is 25.6 Å². The van der Waals surface area contributed by atoms with Crippen LogP contribution < -0.4 is 33.6 Å². The third kappa shape index (κ3) is 19.2. The molecule has 398 valence electrons. The highest BCUT2D eigenvalue weighted by atomic mass is 32.1. The number of nitrogens with zero attached hydrogens (tertiary/aromatic N) is 5. The number of rotatable bonds is 16. The number of thiazole rings is 3. The van der Waals surface area contributed by atoms with Gasteiger partial charge in [-0.1, -0.05) is 85.7 Å². The molecule has 0 aliphatic carbocycles. The van der Waals surface area contributed by atoms with Crippen molar-refractivity contribution in [2.75, 3.05) is 36.8 Å². The molecule has 12 N–H and O–H groups in total. The van der Waals surface area contributed by atoms with Crippen LogP contribution in [0.3, 0.4) is 0 Å². The predicted molar refractivity (Wildman–Crippen MR) is 284 cm³/mol. The molecule has 0 saturated carbocycles. The fourth-order valence-corrected chi connectivity index (χ4v) is 8.56. The summed E-state index contributed by atoms with van der Waals surface area (Å²) in [7, 11) is 0. The van der Waals surface area contributed by atoms with Crippen molar-refractivity contribution < 1.29 is 48.5 Å². The van der Waals surface area contributed by atoms with E-state index in [1.54, 1.807) is 10.8 Å². The largest absolute Gasteiger partial charge is 0.448 e. The minimum atomic E-state index is -1.83. The molecule has 2 aromatic carbocycles. The molecule has 0 saturated heterocycles. The highest BCUT2D eigenvalue weighted by molar-refractivity contribution is 7.14. The van der Waals surface area contributed by atoms with E-state index in [0.29, 0.717) is 66.7 Å². The third-order valence-electron chi connectivity index (χ3n) is 9.96. The highest BCUT2D eigenvalue weighted by Crippen LogP contribution is 2.25. The van der Waals surface area contributed by atoms with E-state index < -0.39 is 60.0 Å². The Morgan fingerprint density at radius 1 is 0.569 bits per heavy atom. The second-order valence-electron chi connectivity index (χ2n) is 15.0. The fourth-order valence-electron chi connectivity index (χ4n) is 6.77. The normalized spacial score (nSPS) is 13.1. The van der Waals surface area contributed by atoms with E-state index >= 15 is 0 Å². The lowest BCUT2D eigenvalue weighted by Crippen LogP contribution is -2.53. The summed E-state index contributed by atoms with van der Waals surface area (Å²) in [6, 6.07) is 15.1. The lowest BCUT2D eigenvalue weighted by molar-refractivity contribution is -0.178. The molecule has 3 aromatic heterocycles. The van der Waals surface area contributed by atoms with Crippen LogP contribution >= 0.6 is 34.0 Å². The van der Waals surface area contributed by atoms with Gasteiger partial charge in [-0.15, -0.1) is 34.0 Å². The average Bonchev–Trinajstić information content (AvgIpc) is 4.16. The molecule has 72 heavy (non-hydrogen) atoms. The van der Waals surface area contributed by atoms with E-state index in [1.165, 1.54) is 43.8 Å². The minimum Gasteiger partial charge on any atom is -0.448 e.